The molecular weight excluding hydrogens is 206 g/mol. The topological polar surface area (TPSA) is 30.2 Å². The molecule has 1 aromatic rings. The first kappa shape index (κ1) is 12.3. The number of imidazole rings is 1. The molecule has 0 saturated carbocycles. The highest BCUT2D eigenvalue weighted by Gasteiger charge is 2.10. The molecule has 84 valence electrons. The van der Waals surface area contributed by atoms with E-state index < -0.39 is 0 Å². The molecule has 0 aromatic carbocycles. The summed E-state index contributed by atoms with van der Waals surface area (Å²) in [6.07, 6.45) is 1.83. The molecule has 3 nitrogen and oxygen atoms in total. The van der Waals surface area contributed by atoms with Gasteiger partial charge in [0.05, 0.1) is 11.9 Å². The Balaban J connectivity index is 2.77. The maximum absolute atomic E-state index is 4.43. The predicted molar refractivity (Wildman–Crippen MR) is 67.6 cm³/mol. The van der Waals surface area contributed by atoms with E-state index in [1.54, 1.807) is 11.9 Å². The van der Waals surface area contributed by atoms with Crippen LogP contribution in [0.2, 0.25) is 0 Å². The van der Waals surface area contributed by atoms with Gasteiger partial charge in [0.2, 0.25) is 0 Å². The summed E-state index contributed by atoms with van der Waals surface area (Å²) in [4.78, 5) is 4.43. The van der Waals surface area contributed by atoms with Gasteiger partial charge in [0.15, 0.2) is 5.82 Å². The summed E-state index contributed by atoms with van der Waals surface area (Å²) in [7, 11) is 2.01. The Morgan fingerprint density at radius 3 is 2.33 bits per heavy atom. The first-order chi connectivity index (χ1) is 6.81. The number of aryl methyl sites for hydroxylation is 1. The first-order valence-electron chi connectivity index (χ1n) is 5.03. The predicted octanol–water partition coefficient (Wildman–Crippen LogP) is 2.90. The Hall–Kier alpha value is -0.770. The van der Waals surface area contributed by atoms with E-state index in [9.17, 15) is 0 Å². The summed E-state index contributed by atoms with van der Waals surface area (Å²) in [5, 5.41) is 0. The van der Waals surface area contributed by atoms with Gasteiger partial charge in [0, 0.05) is 17.5 Å². The largest absolute Gasteiger partial charge is 0.330 e. The van der Waals surface area contributed by atoms with Gasteiger partial charge >= 0.3 is 0 Å². The normalized spacial score (nSPS) is 12.7. The van der Waals surface area contributed by atoms with Crippen LogP contribution < -0.4 is 0 Å². The molecule has 0 unspecified atom stereocenters. The first-order valence-corrected chi connectivity index (χ1v) is 5.80. The highest BCUT2D eigenvalue weighted by atomic mass is 32.2. The molecular formula is C11H19N3S. The number of rotatable bonds is 2. The molecule has 0 bridgehead atoms. The van der Waals surface area contributed by atoms with Crippen molar-refractivity contribution >= 4 is 18.2 Å². The molecule has 0 radical (unpaired) electrons. The van der Waals surface area contributed by atoms with Crippen molar-refractivity contribution in [3.63, 3.8) is 0 Å². The van der Waals surface area contributed by atoms with Gasteiger partial charge in [-0.05, 0) is 46.6 Å². The second-order valence-corrected chi connectivity index (χ2v) is 6.26. The van der Waals surface area contributed by atoms with Crippen LogP contribution >= 0.6 is 11.9 Å². The highest BCUT2D eigenvalue weighted by molar-refractivity contribution is 7.99. The maximum Gasteiger partial charge on any atom is 0.152 e. The van der Waals surface area contributed by atoms with E-state index in [4.69, 9.17) is 0 Å². The van der Waals surface area contributed by atoms with Gasteiger partial charge in [0.1, 0.15) is 0 Å². The van der Waals surface area contributed by atoms with E-state index in [1.165, 1.54) is 5.69 Å². The maximum atomic E-state index is 4.43. The lowest BCUT2D eigenvalue weighted by Crippen LogP contribution is -2.05. The monoisotopic (exact) mass is 225 g/mol. The zero-order valence-electron chi connectivity index (χ0n) is 10.3. The molecule has 1 aromatic heterocycles. The Morgan fingerprint density at radius 1 is 1.33 bits per heavy atom. The fourth-order valence-electron chi connectivity index (χ4n) is 1.09. The van der Waals surface area contributed by atoms with Crippen LogP contribution in [0.25, 0.3) is 0 Å². The second kappa shape index (κ2) is 4.39. The van der Waals surface area contributed by atoms with Crippen molar-refractivity contribution in [3.05, 3.63) is 17.2 Å². The van der Waals surface area contributed by atoms with E-state index in [-0.39, 0.29) is 4.75 Å². The summed E-state index contributed by atoms with van der Waals surface area (Å²) >= 11 is 1.57. The molecule has 0 aliphatic heterocycles. The molecule has 0 saturated heterocycles. The number of hydrogen-bond acceptors (Lipinski definition) is 3. The third kappa shape index (κ3) is 3.38. The van der Waals surface area contributed by atoms with Gasteiger partial charge in [0.25, 0.3) is 0 Å². The average molecular weight is 225 g/mol. The Labute approximate surface area is 96.1 Å². The average Bonchev–Trinajstić information content (AvgIpc) is 2.32. The molecule has 15 heavy (non-hydrogen) atoms. The van der Waals surface area contributed by atoms with Crippen molar-refractivity contribution in [1.29, 1.82) is 0 Å². The Bertz CT molecular complexity index is 372. The third-order valence-corrected chi connectivity index (χ3v) is 2.91. The number of aromatic nitrogens is 2. The van der Waals surface area contributed by atoms with Crippen LogP contribution in [0.3, 0.4) is 0 Å². The van der Waals surface area contributed by atoms with Gasteiger partial charge in [-0.2, -0.15) is 0 Å². The van der Waals surface area contributed by atoms with Gasteiger partial charge < -0.3 is 4.57 Å². The van der Waals surface area contributed by atoms with Crippen molar-refractivity contribution in [2.45, 2.75) is 39.4 Å². The fraction of sp³-hybridized carbons (Fsp3) is 0.636. The lowest BCUT2D eigenvalue weighted by molar-refractivity contribution is 0.804. The SMILES string of the molecule is Cc1nc(/C=N/SC(C)(C)C)n(C)c1C. The minimum Gasteiger partial charge on any atom is -0.330 e. The summed E-state index contributed by atoms with van der Waals surface area (Å²) in [5.41, 5.74) is 2.26. The zero-order valence-corrected chi connectivity index (χ0v) is 11.1. The van der Waals surface area contributed by atoms with Crippen LogP contribution in [0, 0.1) is 13.8 Å². The third-order valence-electron chi connectivity index (χ3n) is 2.15. The van der Waals surface area contributed by atoms with E-state index in [0.29, 0.717) is 0 Å². The molecule has 0 atom stereocenters. The quantitative estimate of drug-likeness (QED) is 0.572. The fourth-order valence-corrected chi connectivity index (χ4v) is 1.55. The molecule has 4 heteroatoms. The van der Waals surface area contributed by atoms with Crippen LogP contribution in [0.4, 0.5) is 0 Å². The highest BCUT2D eigenvalue weighted by Crippen LogP contribution is 2.23. The standard InChI is InChI=1S/C11H19N3S/c1-8-9(2)14(6)10(13-8)7-12-15-11(3,4)5/h7H,1-6H3/b12-7+. The zero-order chi connectivity index (χ0) is 11.6. The number of nitrogens with zero attached hydrogens (tertiary/aromatic N) is 3. The molecule has 0 amide bonds. The van der Waals surface area contributed by atoms with E-state index >= 15 is 0 Å². The summed E-state index contributed by atoms with van der Waals surface area (Å²) in [5.74, 6) is 0.918. The van der Waals surface area contributed by atoms with Gasteiger partial charge in [-0.15, -0.1) is 0 Å². The van der Waals surface area contributed by atoms with Crippen LogP contribution in [0.1, 0.15) is 38.0 Å². The lowest BCUT2D eigenvalue weighted by atomic mass is 10.3. The minimum absolute atomic E-state index is 0.158. The van der Waals surface area contributed by atoms with Gasteiger partial charge in [-0.3, -0.25) is 0 Å². The Morgan fingerprint density at radius 2 is 1.93 bits per heavy atom. The van der Waals surface area contributed by atoms with E-state index in [1.807, 2.05) is 20.2 Å². The van der Waals surface area contributed by atoms with Crippen LogP contribution in [0.5, 0.6) is 0 Å². The Kier molecular flexibility index (Phi) is 3.60. The molecule has 1 rings (SSSR count). The van der Waals surface area contributed by atoms with Crippen molar-refractivity contribution < 1.29 is 0 Å². The number of hydrogen-bond donors (Lipinski definition) is 0. The molecule has 0 aliphatic rings. The van der Waals surface area contributed by atoms with Crippen LogP contribution in [0.15, 0.2) is 4.40 Å². The van der Waals surface area contributed by atoms with Gasteiger partial charge in [-0.1, -0.05) is 0 Å². The smallest absolute Gasteiger partial charge is 0.152 e. The lowest BCUT2D eigenvalue weighted by Gasteiger charge is -2.11. The van der Waals surface area contributed by atoms with Gasteiger partial charge in [-0.25, -0.2) is 9.38 Å². The molecule has 0 spiro atoms. The molecule has 0 N–H and O–H groups in total. The van der Waals surface area contributed by atoms with Crippen molar-refractivity contribution in [2.24, 2.45) is 11.4 Å². The second-order valence-electron chi connectivity index (χ2n) is 4.64. The summed E-state index contributed by atoms with van der Waals surface area (Å²) in [6.45, 7) is 10.5. The van der Waals surface area contributed by atoms with Crippen LogP contribution in [-0.2, 0) is 7.05 Å². The van der Waals surface area contributed by atoms with Crippen molar-refractivity contribution in [2.75, 3.05) is 0 Å². The van der Waals surface area contributed by atoms with E-state index in [0.717, 1.165) is 11.5 Å². The van der Waals surface area contributed by atoms with Crippen LogP contribution in [-0.4, -0.2) is 20.5 Å². The molecule has 1 heterocycles. The van der Waals surface area contributed by atoms with E-state index in [2.05, 4.69) is 41.6 Å². The summed E-state index contributed by atoms with van der Waals surface area (Å²) in [6, 6.07) is 0. The summed E-state index contributed by atoms with van der Waals surface area (Å²) < 4.78 is 6.55. The van der Waals surface area contributed by atoms with Crippen molar-refractivity contribution in [3.8, 4) is 0 Å². The minimum atomic E-state index is 0.158. The molecule has 0 aliphatic carbocycles. The molecule has 0 fully saturated rings. The van der Waals surface area contributed by atoms with Crippen molar-refractivity contribution in [1.82, 2.24) is 9.55 Å².